The van der Waals surface area contributed by atoms with E-state index in [1.54, 1.807) is 76.2 Å². The minimum atomic E-state index is -1.01. The van der Waals surface area contributed by atoms with Crippen molar-refractivity contribution in [1.82, 2.24) is 14.9 Å². The minimum absolute atomic E-state index is 0.00693. The van der Waals surface area contributed by atoms with Crippen molar-refractivity contribution >= 4 is 17.8 Å². The van der Waals surface area contributed by atoms with Crippen LogP contribution in [0, 0.1) is 5.41 Å². The normalized spacial score (nSPS) is 12.0. The van der Waals surface area contributed by atoms with Gasteiger partial charge in [-0.3, -0.25) is 9.59 Å². The van der Waals surface area contributed by atoms with Crippen LogP contribution in [0.3, 0.4) is 0 Å². The molecular weight excluding hydrogens is 472 g/mol. The molecule has 0 aliphatic carbocycles. The zero-order chi connectivity index (χ0) is 27.3. The van der Waals surface area contributed by atoms with Crippen molar-refractivity contribution in [3.05, 3.63) is 65.9 Å². The smallest absolute Gasteiger partial charge is 0.316 e. The number of anilines is 1. The summed E-state index contributed by atoms with van der Waals surface area (Å²) in [6.07, 6.45) is 0.494. The number of aromatic nitrogens is 2. The van der Waals surface area contributed by atoms with E-state index < -0.39 is 11.5 Å². The molecule has 0 aliphatic rings. The molecule has 1 heterocycles. The zero-order valence-corrected chi connectivity index (χ0v) is 22.3. The largest absolute Gasteiger partial charge is 0.497 e. The second-order valence-electron chi connectivity index (χ2n) is 9.97. The Balaban J connectivity index is 1.83. The van der Waals surface area contributed by atoms with Gasteiger partial charge in [0.15, 0.2) is 0 Å². The van der Waals surface area contributed by atoms with Crippen molar-refractivity contribution in [2.24, 2.45) is 5.41 Å². The number of amides is 1. The van der Waals surface area contributed by atoms with Crippen molar-refractivity contribution in [1.29, 1.82) is 0 Å². The van der Waals surface area contributed by atoms with Gasteiger partial charge in [-0.05, 0) is 62.7 Å². The molecule has 0 spiro atoms. The fourth-order valence-corrected chi connectivity index (χ4v) is 3.41. The first-order valence-corrected chi connectivity index (χ1v) is 11.8. The molecule has 0 saturated heterocycles. The Morgan fingerprint density at radius 3 is 2.30 bits per heavy atom. The molecule has 1 amide bonds. The predicted octanol–water partition coefficient (Wildman–Crippen LogP) is 3.98. The third-order valence-corrected chi connectivity index (χ3v) is 5.63. The van der Waals surface area contributed by atoms with Crippen LogP contribution in [-0.4, -0.2) is 66.6 Å². The predicted molar refractivity (Wildman–Crippen MR) is 142 cm³/mol. The molecular formula is C28H34N4O5. The van der Waals surface area contributed by atoms with Crippen molar-refractivity contribution < 1.29 is 24.2 Å². The van der Waals surface area contributed by atoms with E-state index in [9.17, 15) is 14.7 Å². The molecule has 0 fully saturated rings. The Bertz CT molecular complexity index is 1250. The lowest BCUT2D eigenvalue weighted by atomic mass is 9.97. The van der Waals surface area contributed by atoms with Crippen LogP contribution in [0.4, 0.5) is 5.95 Å². The molecule has 9 heteroatoms. The number of methoxy groups -OCH3 is 1. The summed E-state index contributed by atoms with van der Waals surface area (Å²) in [6.45, 7) is 5.31. The number of hydrogen-bond donors (Lipinski definition) is 1. The van der Waals surface area contributed by atoms with Crippen molar-refractivity contribution in [2.45, 2.75) is 26.9 Å². The molecule has 0 radical (unpaired) electrons. The molecule has 37 heavy (non-hydrogen) atoms. The van der Waals surface area contributed by atoms with Gasteiger partial charge < -0.3 is 24.4 Å². The number of ether oxygens (including phenoxy) is 2. The maximum atomic E-state index is 13.5. The van der Waals surface area contributed by atoms with E-state index >= 15 is 0 Å². The van der Waals surface area contributed by atoms with Crippen molar-refractivity contribution in [3.8, 4) is 22.8 Å². The first-order valence-electron chi connectivity index (χ1n) is 11.8. The number of aliphatic hydroxyl groups is 1. The summed E-state index contributed by atoms with van der Waals surface area (Å²) in [5, 5.41) is 10.9. The Morgan fingerprint density at radius 1 is 1.03 bits per heavy atom. The fraction of sp³-hybridized carbons (Fsp3) is 0.357. The second kappa shape index (κ2) is 11.4. The van der Waals surface area contributed by atoms with Gasteiger partial charge in [0.1, 0.15) is 11.5 Å². The summed E-state index contributed by atoms with van der Waals surface area (Å²) >= 11 is 0. The number of nitrogens with zero attached hydrogens (tertiary/aromatic N) is 4. The lowest BCUT2D eigenvalue weighted by molar-refractivity contribution is -0.143. The molecule has 1 N–H and O–H groups in total. The van der Waals surface area contributed by atoms with E-state index in [1.165, 1.54) is 11.1 Å². The van der Waals surface area contributed by atoms with Crippen LogP contribution >= 0.6 is 0 Å². The molecule has 0 aliphatic heterocycles. The molecule has 1 unspecified atom stereocenters. The summed E-state index contributed by atoms with van der Waals surface area (Å²) in [5.74, 6) is 0.768. The standard InChI is InChI=1S/C28H34N4O5/c1-28(2,3)26(35)37-21-10-8-9-19(15-21)23(33)17-32(6)25(34)22-16-29-27(31(4)5)30-24(22)18-11-13-20(36-7)14-12-18/h8-16,23,33H,17H2,1-7H3. The zero-order valence-electron chi connectivity index (χ0n) is 22.3. The Morgan fingerprint density at radius 2 is 1.70 bits per heavy atom. The lowest BCUT2D eigenvalue weighted by Gasteiger charge is -2.23. The van der Waals surface area contributed by atoms with Gasteiger partial charge in [-0.1, -0.05) is 12.1 Å². The van der Waals surface area contributed by atoms with Gasteiger partial charge in [0.25, 0.3) is 5.91 Å². The van der Waals surface area contributed by atoms with E-state index in [4.69, 9.17) is 9.47 Å². The van der Waals surface area contributed by atoms with Gasteiger partial charge in [0, 0.05) is 32.9 Å². The van der Waals surface area contributed by atoms with Crippen LogP contribution < -0.4 is 14.4 Å². The Kier molecular flexibility index (Phi) is 8.49. The molecule has 9 nitrogen and oxygen atoms in total. The average Bonchev–Trinajstić information content (AvgIpc) is 2.87. The number of likely N-dealkylation sites (N-methyl/N-ethyl adjacent to an activating group) is 1. The maximum Gasteiger partial charge on any atom is 0.316 e. The molecule has 2 aromatic carbocycles. The number of hydrogen-bond acceptors (Lipinski definition) is 8. The SMILES string of the molecule is COc1ccc(-c2nc(N(C)C)ncc2C(=O)N(C)CC(O)c2cccc(OC(=O)C(C)(C)C)c2)cc1. The van der Waals surface area contributed by atoms with E-state index in [-0.39, 0.29) is 18.4 Å². The third-order valence-electron chi connectivity index (χ3n) is 5.63. The summed E-state index contributed by atoms with van der Waals surface area (Å²) in [5.41, 5.74) is 1.38. The second-order valence-corrected chi connectivity index (χ2v) is 9.97. The molecule has 0 saturated carbocycles. The van der Waals surface area contributed by atoms with E-state index in [0.29, 0.717) is 34.3 Å². The van der Waals surface area contributed by atoms with Crippen LogP contribution in [0.5, 0.6) is 11.5 Å². The monoisotopic (exact) mass is 506 g/mol. The van der Waals surface area contributed by atoms with Gasteiger partial charge >= 0.3 is 5.97 Å². The molecule has 3 rings (SSSR count). The lowest BCUT2D eigenvalue weighted by Crippen LogP contribution is -2.32. The minimum Gasteiger partial charge on any atom is -0.497 e. The topological polar surface area (TPSA) is 105 Å². The van der Waals surface area contributed by atoms with Gasteiger partial charge in [-0.25, -0.2) is 9.97 Å². The van der Waals surface area contributed by atoms with Crippen LogP contribution in [0.15, 0.2) is 54.7 Å². The number of carbonyl (C=O) groups is 2. The summed E-state index contributed by atoms with van der Waals surface area (Å²) < 4.78 is 10.7. The average molecular weight is 507 g/mol. The molecule has 3 aromatic rings. The fourth-order valence-electron chi connectivity index (χ4n) is 3.41. The highest BCUT2D eigenvalue weighted by Crippen LogP contribution is 2.27. The van der Waals surface area contributed by atoms with Crippen LogP contribution in [0.2, 0.25) is 0 Å². The molecule has 0 bridgehead atoms. The Hall–Kier alpha value is -3.98. The number of benzene rings is 2. The van der Waals surface area contributed by atoms with Crippen LogP contribution in [0.1, 0.15) is 42.8 Å². The van der Waals surface area contributed by atoms with E-state index in [0.717, 1.165) is 5.56 Å². The summed E-state index contributed by atoms with van der Waals surface area (Å²) in [4.78, 5) is 37.8. The quantitative estimate of drug-likeness (QED) is 0.361. The highest BCUT2D eigenvalue weighted by Gasteiger charge is 2.25. The Labute approximate surface area is 217 Å². The molecule has 1 aromatic heterocycles. The van der Waals surface area contributed by atoms with Crippen LogP contribution in [0.25, 0.3) is 11.3 Å². The highest BCUT2D eigenvalue weighted by atomic mass is 16.5. The third kappa shape index (κ3) is 6.83. The number of esters is 1. The van der Waals surface area contributed by atoms with Gasteiger partial charge in [-0.2, -0.15) is 0 Å². The maximum absolute atomic E-state index is 13.5. The van der Waals surface area contributed by atoms with Gasteiger partial charge in [0.2, 0.25) is 5.95 Å². The number of rotatable bonds is 8. The van der Waals surface area contributed by atoms with E-state index in [1.807, 2.05) is 26.2 Å². The summed E-state index contributed by atoms with van der Waals surface area (Å²) in [6, 6.07) is 13.9. The summed E-state index contributed by atoms with van der Waals surface area (Å²) in [7, 11) is 6.84. The first kappa shape index (κ1) is 27.6. The number of carbonyl (C=O) groups excluding carboxylic acids is 2. The van der Waals surface area contributed by atoms with Crippen molar-refractivity contribution in [2.75, 3.05) is 39.7 Å². The van der Waals surface area contributed by atoms with E-state index in [2.05, 4.69) is 9.97 Å². The molecule has 196 valence electrons. The highest BCUT2D eigenvalue weighted by molar-refractivity contribution is 5.99. The first-order chi connectivity index (χ1) is 17.4. The van der Waals surface area contributed by atoms with Crippen molar-refractivity contribution in [3.63, 3.8) is 0 Å². The van der Waals surface area contributed by atoms with Crippen LogP contribution in [-0.2, 0) is 4.79 Å². The van der Waals surface area contributed by atoms with Gasteiger partial charge in [-0.15, -0.1) is 0 Å². The molecule has 1 atom stereocenters. The number of aliphatic hydroxyl groups excluding tert-OH is 1. The van der Waals surface area contributed by atoms with Gasteiger partial charge in [0.05, 0.1) is 36.4 Å².